The molecule has 0 bridgehead atoms. The molecule has 1 atom stereocenters. The predicted octanol–water partition coefficient (Wildman–Crippen LogP) is -1.07. The Kier molecular flexibility index (Phi) is 2.97. The van der Waals surface area contributed by atoms with Gasteiger partial charge >= 0.3 is 0 Å². The zero-order valence-corrected chi connectivity index (χ0v) is 5.56. The molecule has 1 heterocycles. The number of aliphatic hydroxyl groups excluding tert-OH is 1. The molecule has 0 spiro atoms. The molecule has 1 rings (SSSR count). The molecule has 0 amide bonds. The normalized spacial score (nSPS) is 29.7. The Morgan fingerprint density at radius 1 is 1.44 bits per heavy atom. The number of aliphatic hydroxyl groups is 1. The molecule has 1 aliphatic heterocycles. The van der Waals surface area contributed by atoms with Crippen LogP contribution in [0.5, 0.6) is 0 Å². The van der Waals surface area contributed by atoms with Gasteiger partial charge in [-0.3, -0.25) is 0 Å². The summed E-state index contributed by atoms with van der Waals surface area (Å²) in [5.41, 5.74) is 0. The molecule has 0 aromatic heterocycles. The lowest BCUT2D eigenvalue weighted by Crippen LogP contribution is -2.38. The molecule has 1 aliphatic rings. The molecule has 0 unspecified atom stereocenters. The minimum absolute atomic E-state index is 0.243. The van der Waals surface area contributed by atoms with E-state index in [1.54, 1.807) is 0 Å². The minimum atomic E-state index is 0.243. The maximum Gasteiger partial charge on any atom is 0.0597 e. The van der Waals surface area contributed by atoms with Crippen molar-refractivity contribution in [1.29, 1.82) is 0 Å². The molecule has 0 saturated carbocycles. The Hall–Kier alpha value is -0.120. The Morgan fingerprint density at radius 3 is 3.11 bits per heavy atom. The highest BCUT2D eigenvalue weighted by Gasteiger charge is 2.07. The molecule has 9 heavy (non-hydrogen) atoms. The number of rotatable bonds is 1. The van der Waals surface area contributed by atoms with Crippen LogP contribution >= 0.6 is 0 Å². The van der Waals surface area contributed by atoms with E-state index in [2.05, 4.69) is 10.6 Å². The van der Waals surface area contributed by atoms with Crippen molar-refractivity contribution in [2.75, 3.05) is 26.2 Å². The van der Waals surface area contributed by atoms with Gasteiger partial charge in [0.1, 0.15) is 0 Å². The summed E-state index contributed by atoms with van der Waals surface area (Å²) in [6.45, 7) is 3.24. The van der Waals surface area contributed by atoms with E-state index in [1.165, 1.54) is 0 Å². The van der Waals surface area contributed by atoms with Gasteiger partial charge in [-0.1, -0.05) is 0 Å². The third-order valence-corrected chi connectivity index (χ3v) is 1.57. The first-order valence-electron chi connectivity index (χ1n) is 3.48. The molecular weight excluding hydrogens is 116 g/mol. The summed E-state index contributed by atoms with van der Waals surface area (Å²) in [4.78, 5) is 0. The minimum Gasteiger partial charge on any atom is -0.395 e. The van der Waals surface area contributed by atoms with E-state index < -0.39 is 0 Å². The highest BCUT2D eigenvalue weighted by Crippen LogP contribution is 1.86. The Morgan fingerprint density at radius 2 is 2.33 bits per heavy atom. The van der Waals surface area contributed by atoms with Crippen molar-refractivity contribution in [3.8, 4) is 0 Å². The van der Waals surface area contributed by atoms with E-state index >= 15 is 0 Å². The maximum absolute atomic E-state index is 8.71. The van der Waals surface area contributed by atoms with Crippen molar-refractivity contribution >= 4 is 0 Å². The van der Waals surface area contributed by atoms with Gasteiger partial charge in [-0.05, 0) is 19.5 Å². The van der Waals surface area contributed by atoms with Crippen LogP contribution in [-0.2, 0) is 0 Å². The smallest absolute Gasteiger partial charge is 0.0597 e. The van der Waals surface area contributed by atoms with Crippen LogP contribution < -0.4 is 10.6 Å². The van der Waals surface area contributed by atoms with Crippen molar-refractivity contribution < 1.29 is 5.11 Å². The Labute approximate surface area is 55.5 Å². The summed E-state index contributed by atoms with van der Waals surface area (Å²) in [7, 11) is 0. The summed E-state index contributed by atoms with van der Waals surface area (Å²) in [6, 6.07) is 0.271. The second-order valence-corrected chi connectivity index (χ2v) is 2.39. The molecule has 0 aromatic rings. The lowest BCUT2D eigenvalue weighted by molar-refractivity contribution is 0.245. The molecular formula is C6H14N2O. The lowest BCUT2D eigenvalue weighted by atomic mass is 10.3. The van der Waals surface area contributed by atoms with E-state index in [1.807, 2.05) is 0 Å². The van der Waals surface area contributed by atoms with Gasteiger partial charge in [0.05, 0.1) is 6.61 Å². The van der Waals surface area contributed by atoms with Gasteiger partial charge in [-0.25, -0.2) is 0 Å². The average molecular weight is 130 g/mol. The van der Waals surface area contributed by atoms with Crippen molar-refractivity contribution in [3.63, 3.8) is 0 Å². The highest BCUT2D eigenvalue weighted by atomic mass is 16.3. The first kappa shape index (κ1) is 6.99. The van der Waals surface area contributed by atoms with E-state index in [0.717, 1.165) is 26.1 Å². The van der Waals surface area contributed by atoms with Crippen LogP contribution in [0.4, 0.5) is 0 Å². The summed E-state index contributed by atoms with van der Waals surface area (Å²) in [5, 5.41) is 15.2. The van der Waals surface area contributed by atoms with Gasteiger partial charge in [0.2, 0.25) is 0 Å². The van der Waals surface area contributed by atoms with Crippen LogP contribution in [0.25, 0.3) is 0 Å². The summed E-state index contributed by atoms with van der Waals surface area (Å²) < 4.78 is 0. The van der Waals surface area contributed by atoms with Gasteiger partial charge in [0.25, 0.3) is 0 Å². The second kappa shape index (κ2) is 3.82. The largest absolute Gasteiger partial charge is 0.395 e. The molecule has 0 radical (unpaired) electrons. The van der Waals surface area contributed by atoms with Crippen LogP contribution in [0.15, 0.2) is 0 Å². The van der Waals surface area contributed by atoms with Crippen LogP contribution in [0.2, 0.25) is 0 Å². The highest BCUT2D eigenvalue weighted by molar-refractivity contribution is 4.71. The molecule has 0 aromatic carbocycles. The van der Waals surface area contributed by atoms with Crippen molar-refractivity contribution in [2.45, 2.75) is 12.5 Å². The van der Waals surface area contributed by atoms with E-state index in [4.69, 9.17) is 5.11 Å². The van der Waals surface area contributed by atoms with Gasteiger partial charge in [0.15, 0.2) is 0 Å². The Bertz CT molecular complexity index is 69.5. The fraction of sp³-hybridized carbons (Fsp3) is 1.00. The van der Waals surface area contributed by atoms with Gasteiger partial charge in [-0.2, -0.15) is 0 Å². The predicted molar refractivity (Wildman–Crippen MR) is 36.4 cm³/mol. The molecule has 1 saturated heterocycles. The molecule has 3 nitrogen and oxygen atoms in total. The van der Waals surface area contributed by atoms with Crippen molar-refractivity contribution in [2.24, 2.45) is 0 Å². The molecule has 0 aliphatic carbocycles. The van der Waals surface area contributed by atoms with E-state index in [0.29, 0.717) is 0 Å². The third-order valence-electron chi connectivity index (χ3n) is 1.57. The average Bonchev–Trinajstić information content (AvgIpc) is 2.13. The van der Waals surface area contributed by atoms with Crippen LogP contribution in [0.1, 0.15) is 6.42 Å². The van der Waals surface area contributed by atoms with Crippen molar-refractivity contribution in [3.05, 3.63) is 0 Å². The van der Waals surface area contributed by atoms with Crippen LogP contribution in [-0.4, -0.2) is 37.4 Å². The van der Waals surface area contributed by atoms with Gasteiger partial charge in [-0.15, -0.1) is 0 Å². The van der Waals surface area contributed by atoms with Gasteiger partial charge in [0, 0.05) is 12.6 Å². The topological polar surface area (TPSA) is 44.3 Å². The lowest BCUT2D eigenvalue weighted by Gasteiger charge is -2.10. The fourth-order valence-corrected chi connectivity index (χ4v) is 0.997. The maximum atomic E-state index is 8.71. The molecule has 3 heteroatoms. The van der Waals surface area contributed by atoms with E-state index in [9.17, 15) is 0 Å². The fourth-order valence-electron chi connectivity index (χ4n) is 0.997. The number of nitrogens with one attached hydrogen (secondary N) is 2. The van der Waals surface area contributed by atoms with Crippen LogP contribution in [0, 0.1) is 0 Å². The first-order chi connectivity index (χ1) is 4.43. The first-order valence-corrected chi connectivity index (χ1v) is 3.48. The van der Waals surface area contributed by atoms with E-state index in [-0.39, 0.29) is 12.6 Å². The zero-order valence-electron chi connectivity index (χ0n) is 5.56. The quantitative estimate of drug-likeness (QED) is 0.423. The molecule has 54 valence electrons. The molecule has 3 N–H and O–H groups in total. The SMILES string of the molecule is OC[C@@H]1CNCCCN1. The number of hydrogen-bond donors (Lipinski definition) is 3. The third kappa shape index (κ3) is 2.30. The standard InChI is InChI=1S/C6H14N2O/c9-5-6-4-7-2-1-3-8-6/h6-9H,1-5H2/t6-/m0/s1. The second-order valence-electron chi connectivity index (χ2n) is 2.39. The Balaban J connectivity index is 2.18. The zero-order chi connectivity index (χ0) is 6.53. The van der Waals surface area contributed by atoms with Crippen molar-refractivity contribution in [1.82, 2.24) is 10.6 Å². The van der Waals surface area contributed by atoms with Crippen LogP contribution in [0.3, 0.4) is 0 Å². The molecule has 1 fully saturated rings. The number of hydrogen-bond acceptors (Lipinski definition) is 3. The summed E-state index contributed by atoms with van der Waals surface area (Å²) in [6.07, 6.45) is 1.16. The monoisotopic (exact) mass is 130 g/mol. The van der Waals surface area contributed by atoms with Gasteiger partial charge < -0.3 is 15.7 Å². The summed E-state index contributed by atoms with van der Waals surface area (Å²) in [5.74, 6) is 0. The summed E-state index contributed by atoms with van der Waals surface area (Å²) >= 11 is 0.